The maximum atomic E-state index is 11.3. The van der Waals surface area contributed by atoms with Crippen LogP contribution < -0.4 is 10.6 Å². The van der Waals surface area contributed by atoms with Gasteiger partial charge in [-0.2, -0.15) is 0 Å². The lowest BCUT2D eigenvalue weighted by Crippen LogP contribution is -2.38. The Kier molecular flexibility index (Phi) is 7.42. The van der Waals surface area contributed by atoms with E-state index in [2.05, 4.69) is 10.6 Å². The van der Waals surface area contributed by atoms with Gasteiger partial charge in [-0.25, -0.2) is 0 Å². The lowest BCUT2D eigenvalue weighted by molar-refractivity contribution is -0.122. The number of hydrogen-bond acceptors (Lipinski definition) is 3. The van der Waals surface area contributed by atoms with Crippen LogP contribution in [0, 0.1) is 0 Å². The number of aliphatic hydroxyl groups excluding tert-OH is 1. The monoisotopic (exact) mass is 202 g/mol. The van der Waals surface area contributed by atoms with Crippen LogP contribution in [0.25, 0.3) is 0 Å². The predicted octanol–water partition coefficient (Wildman–Crippen LogP) is 0.262. The van der Waals surface area contributed by atoms with Crippen molar-refractivity contribution in [3.8, 4) is 0 Å². The Morgan fingerprint density at radius 1 is 1.43 bits per heavy atom. The smallest absolute Gasteiger partial charge is 0.221 e. The number of hydrogen-bond donors (Lipinski definition) is 3. The van der Waals surface area contributed by atoms with E-state index in [-0.39, 0.29) is 18.6 Å². The van der Waals surface area contributed by atoms with Crippen molar-refractivity contribution >= 4 is 5.91 Å². The molecule has 3 N–H and O–H groups in total. The van der Waals surface area contributed by atoms with Gasteiger partial charge >= 0.3 is 0 Å². The van der Waals surface area contributed by atoms with Crippen molar-refractivity contribution in [2.24, 2.45) is 0 Å². The molecule has 0 aliphatic carbocycles. The highest BCUT2D eigenvalue weighted by molar-refractivity contribution is 5.76. The van der Waals surface area contributed by atoms with Crippen LogP contribution in [-0.4, -0.2) is 36.2 Å². The van der Waals surface area contributed by atoms with E-state index in [4.69, 9.17) is 5.11 Å². The van der Waals surface area contributed by atoms with Gasteiger partial charge in [-0.15, -0.1) is 0 Å². The van der Waals surface area contributed by atoms with Gasteiger partial charge in [-0.3, -0.25) is 4.79 Å². The summed E-state index contributed by atoms with van der Waals surface area (Å²) in [7, 11) is 0. The minimum Gasteiger partial charge on any atom is -0.394 e. The van der Waals surface area contributed by atoms with Gasteiger partial charge in [-0.1, -0.05) is 20.8 Å². The van der Waals surface area contributed by atoms with Gasteiger partial charge in [0.15, 0.2) is 0 Å². The summed E-state index contributed by atoms with van der Waals surface area (Å²) in [4.78, 5) is 11.3. The maximum Gasteiger partial charge on any atom is 0.221 e. The van der Waals surface area contributed by atoms with Crippen molar-refractivity contribution in [1.82, 2.24) is 10.6 Å². The van der Waals surface area contributed by atoms with E-state index < -0.39 is 0 Å². The predicted molar refractivity (Wildman–Crippen MR) is 57.1 cm³/mol. The molecule has 0 rings (SSSR count). The van der Waals surface area contributed by atoms with E-state index >= 15 is 0 Å². The summed E-state index contributed by atoms with van der Waals surface area (Å²) in [6, 6.07) is 0.309. The molecule has 0 unspecified atom stereocenters. The van der Waals surface area contributed by atoms with Crippen molar-refractivity contribution < 1.29 is 9.90 Å². The second-order valence-electron chi connectivity index (χ2n) is 3.71. The minimum absolute atomic E-state index is 0.000880. The van der Waals surface area contributed by atoms with Gasteiger partial charge < -0.3 is 15.7 Å². The summed E-state index contributed by atoms with van der Waals surface area (Å²) in [6.45, 7) is 6.72. The summed E-state index contributed by atoms with van der Waals surface area (Å²) in [5, 5.41) is 14.8. The quantitative estimate of drug-likeness (QED) is 0.555. The Morgan fingerprint density at radius 2 is 2.07 bits per heavy atom. The standard InChI is InChI=1S/C10H22N2O2/c1-4-9(7-13)12-10(14)5-6-11-8(2)3/h8-9,11,13H,4-7H2,1-3H3,(H,12,14)/t9-/m0/s1. The van der Waals surface area contributed by atoms with Crippen LogP contribution in [0.5, 0.6) is 0 Å². The molecule has 0 aliphatic rings. The molecular weight excluding hydrogens is 180 g/mol. The fraction of sp³-hybridized carbons (Fsp3) is 0.900. The number of carbonyl (C=O) groups is 1. The average Bonchev–Trinajstić information content (AvgIpc) is 2.13. The SMILES string of the molecule is CC[C@@H](CO)NC(=O)CCNC(C)C. The molecule has 0 aromatic carbocycles. The van der Waals surface area contributed by atoms with E-state index in [1.54, 1.807) is 0 Å². The third kappa shape index (κ3) is 6.86. The van der Waals surface area contributed by atoms with Crippen molar-refractivity contribution in [3.63, 3.8) is 0 Å². The van der Waals surface area contributed by atoms with E-state index in [0.717, 1.165) is 6.42 Å². The molecule has 0 aliphatic heterocycles. The summed E-state index contributed by atoms with van der Waals surface area (Å²) >= 11 is 0. The molecule has 4 heteroatoms. The first kappa shape index (κ1) is 13.4. The first-order chi connectivity index (χ1) is 6.60. The summed E-state index contributed by atoms with van der Waals surface area (Å²) in [5.74, 6) is -0.000880. The molecule has 0 aromatic heterocycles. The van der Waals surface area contributed by atoms with Crippen LogP contribution in [0.3, 0.4) is 0 Å². The van der Waals surface area contributed by atoms with Crippen LogP contribution in [0.15, 0.2) is 0 Å². The maximum absolute atomic E-state index is 11.3. The first-order valence-corrected chi connectivity index (χ1v) is 5.23. The van der Waals surface area contributed by atoms with E-state index in [1.165, 1.54) is 0 Å². The number of amides is 1. The second-order valence-corrected chi connectivity index (χ2v) is 3.71. The molecule has 0 saturated carbocycles. The Hall–Kier alpha value is -0.610. The zero-order valence-corrected chi connectivity index (χ0v) is 9.34. The molecule has 1 atom stereocenters. The molecule has 0 saturated heterocycles. The number of carbonyl (C=O) groups excluding carboxylic acids is 1. The van der Waals surface area contributed by atoms with Gasteiger partial charge in [0.25, 0.3) is 0 Å². The average molecular weight is 202 g/mol. The van der Waals surface area contributed by atoms with E-state index in [9.17, 15) is 4.79 Å². The molecule has 14 heavy (non-hydrogen) atoms. The molecule has 0 bridgehead atoms. The first-order valence-electron chi connectivity index (χ1n) is 5.23. The zero-order valence-electron chi connectivity index (χ0n) is 9.34. The summed E-state index contributed by atoms with van der Waals surface area (Å²) in [6.07, 6.45) is 1.23. The highest BCUT2D eigenvalue weighted by atomic mass is 16.3. The van der Waals surface area contributed by atoms with Crippen molar-refractivity contribution in [2.75, 3.05) is 13.2 Å². The molecule has 84 valence electrons. The van der Waals surface area contributed by atoms with Crippen LogP contribution in [0.2, 0.25) is 0 Å². The molecule has 0 heterocycles. The minimum atomic E-state index is -0.0958. The van der Waals surface area contributed by atoms with Crippen LogP contribution in [-0.2, 0) is 4.79 Å². The Morgan fingerprint density at radius 3 is 2.50 bits per heavy atom. The topological polar surface area (TPSA) is 61.4 Å². The van der Waals surface area contributed by atoms with Crippen LogP contribution in [0.1, 0.15) is 33.6 Å². The lowest BCUT2D eigenvalue weighted by Gasteiger charge is -2.14. The molecular formula is C10H22N2O2. The summed E-state index contributed by atoms with van der Waals surface area (Å²) in [5.41, 5.74) is 0. The zero-order chi connectivity index (χ0) is 11.0. The lowest BCUT2D eigenvalue weighted by atomic mass is 10.2. The third-order valence-corrected chi connectivity index (χ3v) is 1.98. The normalized spacial score (nSPS) is 12.9. The molecule has 0 radical (unpaired) electrons. The van der Waals surface area contributed by atoms with Gasteiger partial charge in [0.2, 0.25) is 5.91 Å². The number of aliphatic hydroxyl groups is 1. The summed E-state index contributed by atoms with van der Waals surface area (Å²) < 4.78 is 0. The van der Waals surface area contributed by atoms with Gasteiger partial charge in [0.05, 0.1) is 12.6 Å². The van der Waals surface area contributed by atoms with Crippen molar-refractivity contribution in [1.29, 1.82) is 0 Å². The fourth-order valence-corrected chi connectivity index (χ4v) is 1.05. The second kappa shape index (κ2) is 7.76. The van der Waals surface area contributed by atoms with Gasteiger partial charge in [0, 0.05) is 19.0 Å². The molecule has 1 amide bonds. The van der Waals surface area contributed by atoms with E-state index in [1.807, 2.05) is 20.8 Å². The largest absolute Gasteiger partial charge is 0.394 e. The van der Waals surface area contributed by atoms with Crippen molar-refractivity contribution in [3.05, 3.63) is 0 Å². The Labute approximate surface area is 86.1 Å². The van der Waals surface area contributed by atoms with Gasteiger partial charge in [-0.05, 0) is 6.42 Å². The van der Waals surface area contributed by atoms with E-state index in [0.29, 0.717) is 19.0 Å². The molecule has 0 aromatic rings. The fourth-order valence-electron chi connectivity index (χ4n) is 1.05. The number of nitrogens with one attached hydrogen (secondary N) is 2. The number of rotatable bonds is 7. The Bertz CT molecular complexity index is 156. The van der Waals surface area contributed by atoms with Gasteiger partial charge in [0.1, 0.15) is 0 Å². The van der Waals surface area contributed by atoms with Crippen molar-refractivity contribution in [2.45, 2.75) is 45.7 Å². The molecule has 0 spiro atoms. The molecule has 0 fully saturated rings. The highest BCUT2D eigenvalue weighted by Gasteiger charge is 2.08. The van der Waals surface area contributed by atoms with Crippen LogP contribution >= 0.6 is 0 Å². The highest BCUT2D eigenvalue weighted by Crippen LogP contribution is 1.90. The molecule has 4 nitrogen and oxygen atoms in total. The third-order valence-electron chi connectivity index (χ3n) is 1.98. The Balaban J connectivity index is 3.54. The van der Waals surface area contributed by atoms with Crippen LogP contribution in [0.4, 0.5) is 0 Å².